The van der Waals surface area contributed by atoms with E-state index in [1.54, 1.807) is 22.3 Å². The standard InChI is InChI=1S/C38H52N4O7S/c1-23(2)33(31-19-32(40-49-31)47-21-38(8)13-15-41(16-14-38)36(46)48-37(5,6)7)35(45)42-20-28(43)18-29(42)30(44)17-24(3)26-9-11-27(12-10-26)34-25(4)39-22-50-34/h9-12,19,22-24,28-29,33,43H,13-18,20-21H2,1-8H3/t24-,28-,29+,33+/m1/s1. The number of aliphatic hydroxyl groups excluding tert-OH is 1. The lowest BCUT2D eigenvalue weighted by atomic mass is 9.81. The van der Waals surface area contributed by atoms with Crippen LogP contribution in [0.25, 0.3) is 10.4 Å². The Balaban J connectivity index is 1.19. The average molecular weight is 709 g/mol. The number of β-amino-alcohol motifs (C(OH)–C–C–N with tert-alkyl or cyclic N) is 1. The Hall–Kier alpha value is -3.77. The molecule has 11 nitrogen and oxygen atoms in total. The molecular formula is C38H52N4O7S. The Morgan fingerprint density at radius 1 is 1.12 bits per heavy atom. The Bertz CT molecular complexity index is 1630. The lowest BCUT2D eigenvalue weighted by Crippen LogP contribution is -2.46. The van der Waals surface area contributed by atoms with Crippen LogP contribution < -0.4 is 4.74 Å². The highest BCUT2D eigenvalue weighted by atomic mass is 32.1. The van der Waals surface area contributed by atoms with Gasteiger partial charge in [-0.1, -0.05) is 52.0 Å². The molecule has 12 heteroatoms. The highest BCUT2D eigenvalue weighted by molar-refractivity contribution is 7.13. The monoisotopic (exact) mass is 708 g/mol. The number of hydrogen-bond donors (Lipinski definition) is 1. The van der Waals surface area contributed by atoms with Crippen LogP contribution >= 0.6 is 11.3 Å². The molecule has 4 heterocycles. The molecule has 0 aliphatic carbocycles. The number of nitrogens with zero attached hydrogens (tertiary/aromatic N) is 4. The number of benzene rings is 1. The number of amides is 2. The number of Topliss-reactive ketones (excluding diaryl/α,β-unsaturated/α-hetero) is 1. The van der Waals surface area contributed by atoms with Crippen LogP contribution in [0.5, 0.6) is 5.88 Å². The molecule has 2 amide bonds. The third-order valence-corrected chi connectivity index (χ3v) is 10.8. The first-order valence-corrected chi connectivity index (χ1v) is 18.5. The van der Waals surface area contributed by atoms with E-state index in [1.807, 2.05) is 66.1 Å². The summed E-state index contributed by atoms with van der Waals surface area (Å²) in [7, 11) is 0. The van der Waals surface area contributed by atoms with Crippen molar-refractivity contribution < 1.29 is 33.5 Å². The number of thiazole rings is 1. The second kappa shape index (κ2) is 15.2. The van der Waals surface area contributed by atoms with Gasteiger partial charge in [0.1, 0.15) is 11.5 Å². The van der Waals surface area contributed by atoms with Crippen molar-refractivity contribution in [3.63, 3.8) is 0 Å². The first kappa shape index (κ1) is 37.5. The largest absolute Gasteiger partial charge is 0.475 e. The molecular weight excluding hydrogens is 657 g/mol. The van der Waals surface area contributed by atoms with Crippen LogP contribution in [0.1, 0.15) is 103 Å². The summed E-state index contributed by atoms with van der Waals surface area (Å²) in [4.78, 5) is 49.0. The molecule has 2 fully saturated rings. The molecule has 1 aromatic carbocycles. The van der Waals surface area contributed by atoms with Crippen molar-refractivity contribution in [2.24, 2.45) is 11.3 Å². The Kier molecular flexibility index (Phi) is 11.4. The van der Waals surface area contributed by atoms with Gasteiger partial charge in [0.25, 0.3) is 5.88 Å². The summed E-state index contributed by atoms with van der Waals surface area (Å²) in [5.74, 6) is -0.610. The van der Waals surface area contributed by atoms with Crippen LogP contribution in [0.4, 0.5) is 4.79 Å². The maximum absolute atomic E-state index is 14.1. The molecule has 0 unspecified atom stereocenters. The topological polar surface area (TPSA) is 135 Å². The fourth-order valence-corrected chi connectivity index (χ4v) is 7.62. The van der Waals surface area contributed by atoms with E-state index >= 15 is 0 Å². The number of carbonyl (C=O) groups is 3. The normalized spacial score (nSPS) is 20.5. The van der Waals surface area contributed by atoms with Crippen LogP contribution in [0.3, 0.4) is 0 Å². The van der Waals surface area contributed by atoms with E-state index in [2.05, 4.69) is 29.2 Å². The van der Waals surface area contributed by atoms with Gasteiger partial charge in [0, 0.05) is 44.0 Å². The van der Waals surface area contributed by atoms with Crippen molar-refractivity contribution in [1.29, 1.82) is 0 Å². The summed E-state index contributed by atoms with van der Waals surface area (Å²) in [5.41, 5.74) is 4.25. The number of likely N-dealkylation sites (tertiary alicyclic amines) is 2. The maximum Gasteiger partial charge on any atom is 0.410 e. The predicted octanol–water partition coefficient (Wildman–Crippen LogP) is 6.99. The van der Waals surface area contributed by atoms with Gasteiger partial charge in [-0.05, 0) is 68.7 Å². The van der Waals surface area contributed by atoms with Crippen molar-refractivity contribution in [2.75, 3.05) is 26.2 Å². The van der Waals surface area contributed by atoms with E-state index in [0.29, 0.717) is 25.5 Å². The molecule has 1 N–H and O–H groups in total. The molecule has 2 saturated heterocycles. The second-order valence-corrected chi connectivity index (χ2v) is 16.6. The van der Waals surface area contributed by atoms with Crippen LogP contribution in [-0.2, 0) is 14.3 Å². The van der Waals surface area contributed by atoms with Crippen LogP contribution in [0.2, 0.25) is 0 Å². The van der Waals surface area contributed by atoms with Gasteiger partial charge in [0.05, 0.1) is 34.8 Å². The van der Waals surface area contributed by atoms with E-state index in [-0.39, 0.29) is 60.3 Å². The van der Waals surface area contributed by atoms with Crippen LogP contribution in [0.15, 0.2) is 40.4 Å². The Labute approximate surface area is 299 Å². The zero-order valence-corrected chi connectivity index (χ0v) is 31.4. The second-order valence-electron chi connectivity index (χ2n) is 15.7. The lowest BCUT2D eigenvalue weighted by molar-refractivity contribution is -0.140. The van der Waals surface area contributed by atoms with Crippen molar-refractivity contribution in [3.8, 4) is 16.3 Å². The summed E-state index contributed by atoms with van der Waals surface area (Å²) < 4.78 is 17.3. The number of aryl methyl sites for hydroxylation is 1. The van der Waals surface area contributed by atoms with Gasteiger partial charge in [0.15, 0.2) is 11.5 Å². The molecule has 3 aromatic rings. The van der Waals surface area contributed by atoms with E-state index in [0.717, 1.165) is 34.5 Å². The van der Waals surface area contributed by atoms with Gasteiger partial charge >= 0.3 is 6.09 Å². The smallest absolute Gasteiger partial charge is 0.410 e. The number of hydrogen-bond acceptors (Lipinski definition) is 10. The zero-order chi connectivity index (χ0) is 36.4. The molecule has 50 heavy (non-hydrogen) atoms. The number of aliphatic hydroxyl groups is 1. The first-order valence-electron chi connectivity index (χ1n) is 17.6. The predicted molar refractivity (Wildman–Crippen MR) is 191 cm³/mol. The van der Waals surface area contributed by atoms with E-state index in [1.165, 1.54) is 4.90 Å². The lowest BCUT2D eigenvalue weighted by Gasteiger charge is -2.39. The molecule has 5 rings (SSSR count). The summed E-state index contributed by atoms with van der Waals surface area (Å²) >= 11 is 1.60. The number of carbonyl (C=O) groups excluding carboxylic acids is 3. The molecule has 4 atom stereocenters. The summed E-state index contributed by atoms with van der Waals surface area (Å²) in [6, 6.07) is 9.15. The highest BCUT2D eigenvalue weighted by Crippen LogP contribution is 2.36. The summed E-state index contributed by atoms with van der Waals surface area (Å²) in [5, 5.41) is 14.8. The first-order chi connectivity index (χ1) is 23.5. The molecule has 272 valence electrons. The third-order valence-electron chi connectivity index (χ3n) is 9.87. The molecule has 0 radical (unpaired) electrons. The third kappa shape index (κ3) is 8.93. The van der Waals surface area contributed by atoms with E-state index < -0.39 is 23.7 Å². The number of ether oxygens (including phenoxy) is 2. The fourth-order valence-electron chi connectivity index (χ4n) is 6.81. The van der Waals surface area contributed by atoms with Crippen LogP contribution in [-0.4, -0.2) is 86.8 Å². The van der Waals surface area contributed by atoms with Crippen molar-refractivity contribution >= 4 is 29.1 Å². The van der Waals surface area contributed by atoms with Crippen molar-refractivity contribution in [2.45, 2.75) is 111 Å². The molecule has 2 aromatic heterocycles. The number of ketones is 1. The highest BCUT2D eigenvalue weighted by Gasteiger charge is 2.43. The fraction of sp³-hybridized carbons (Fsp3) is 0.605. The van der Waals surface area contributed by atoms with Crippen LogP contribution in [0, 0.1) is 18.3 Å². The van der Waals surface area contributed by atoms with Gasteiger partial charge in [-0.15, -0.1) is 11.3 Å². The number of piperidine rings is 1. The van der Waals surface area contributed by atoms with Gasteiger partial charge in [-0.2, -0.15) is 0 Å². The minimum absolute atomic E-state index is 0.0601. The summed E-state index contributed by atoms with van der Waals surface area (Å²) in [6.07, 6.45) is 0.860. The maximum atomic E-state index is 14.1. The summed E-state index contributed by atoms with van der Waals surface area (Å²) in [6.45, 7) is 17.2. The van der Waals surface area contributed by atoms with E-state index in [9.17, 15) is 19.5 Å². The quantitative estimate of drug-likeness (QED) is 0.224. The molecule has 0 spiro atoms. The molecule has 0 saturated carbocycles. The Morgan fingerprint density at radius 2 is 1.80 bits per heavy atom. The molecule has 2 aliphatic heterocycles. The van der Waals surface area contributed by atoms with Crippen molar-refractivity contribution in [1.82, 2.24) is 19.9 Å². The average Bonchev–Trinajstić information content (AvgIpc) is 3.79. The minimum Gasteiger partial charge on any atom is -0.475 e. The van der Waals surface area contributed by atoms with Gasteiger partial charge in [0.2, 0.25) is 5.91 Å². The zero-order valence-electron chi connectivity index (χ0n) is 30.6. The van der Waals surface area contributed by atoms with Gasteiger partial charge in [-0.25, -0.2) is 9.78 Å². The van der Waals surface area contributed by atoms with Crippen molar-refractivity contribution in [3.05, 3.63) is 52.9 Å². The Morgan fingerprint density at radius 3 is 2.40 bits per heavy atom. The van der Waals surface area contributed by atoms with E-state index in [4.69, 9.17) is 14.0 Å². The molecule has 2 aliphatic rings. The number of aromatic nitrogens is 2. The number of rotatable bonds is 11. The van der Waals surface area contributed by atoms with Gasteiger partial charge < -0.3 is 28.9 Å². The minimum atomic E-state index is -0.783. The van der Waals surface area contributed by atoms with Gasteiger partial charge in [-0.3, -0.25) is 9.59 Å². The molecule has 0 bridgehead atoms. The SMILES string of the molecule is Cc1ncsc1-c1ccc([C@H](C)CC(=O)[C@@H]2C[C@@H](O)CN2C(=O)[C@H](c2cc(OCC3(C)CCN(C(=O)OC(C)(C)C)CC3)no2)C(C)C)cc1.